The molecule has 1 aromatic rings. The molecule has 2 heterocycles. The molecule has 6 heteroatoms. The molecule has 1 aliphatic heterocycles. The van der Waals surface area contributed by atoms with Gasteiger partial charge in [0.2, 0.25) is 5.91 Å². The molecule has 2 rings (SSSR count). The fraction of sp³-hybridized carbons (Fsp3) is 0.643. The SMILES string of the molecule is Cc1nn(C)cc1C(=O)N[C@H](C)C(=O)N1CCCCC1. The Morgan fingerprint density at radius 2 is 1.95 bits per heavy atom. The van der Waals surface area contributed by atoms with E-state index in [0.29, 0.717) is 11.3 Å². The molecule has 6 nitrogen and oxygen atoms in total. The summed E-state index contributed by atoms with van der Waals surface area (Å²) in [6.07, 6.45) is 4.95. The van der Waals surface area contributed by atoms with Gasteiger partial charge in [0.05, 0.1) is 11.3 Å². The van der Waals surface area contributed by atoms with Crippen LogP contribution in [0.2, 0.25) is 0 Å². The molecule has 0 radical (unpaired) electrons. The first-order valence-electron chi connectivity index (χ1n) is 7.09. The normalized spacial score (nSPS) is 16.9. The van der Waals surface area contributed by atoms with Crippen LogP contribution in [0.15, 0.2) is 6.20 Å². The number of piperidine rings is 1. The Morgan fingerprint density at radius 3 is 2.50 bits per heavy atom. The van der Waals surface area contributed by atoms with E-state index >= 15 is 0 Å². The average Bonchev–Trinajstić information content (AvgIpc) is 2.78. The van der Waals surface area contributed by atoms with Gasteiger partial charge < -0.3 is 10.2 Å². The van der Waals surface area contributed by atoms with Gasteiger partial charge in [0.1, 0.15) is 6.04 Å². The maximum Gasteiger partial charge on any atom is 0.255 e. The summed E-state index contributed by atoms with van der Waals surface area (Å²) in [5.74, 6) is -0.243. The van der Waals surface area contributed by atoms with E-state index in [1.165, 1.54) is 6.42 Å². The molecule has 1 N–H and O–H groups in total. The van der Waals surface area contributed by atoms with Crippen molar-refractivity contribution in [3.63, 3.8) is 0 Å². The minimum Gasteiger partial charge on any atom is -0.341 e. The Morgan fingerprint density at radius 1 is 1.30 bits per heavy atom. The molecule has 0 bridgehead atoms. The highest BCUT2D eigenvalue weighted by atomic mass is 16.2. The molecule has 0 aliphatic carbocycles. The lowest BCUT2D eigenvalue weighted by atomic mass is 10.1. The fourth-order valence-corrected chi connectivity index (χ4v) is 2.55. The van der Waals surface area contributed by atoms with Crippen molar-refractivity contribution in [1.29, 1.82) is 0 Å². The molecule has 20 heavy (non-hydrogen) atoms. The second-order valence-corrected chi connectivity index (χ2v) is 5.38. The number of amides is 2. The van der Waals surface area contributed by atoms with Crippen LogP contribution in [-0.4, -0.2) is 45.6 Å². The Kier molecular flexibility index (Phi) is 4.42. The van der Waals surface area contributed by atoms with Crippen molar-refractivity contribution in [3.05, 3.63) is 17.5 Å². The number of nitrogens with zero attached hydrogens (tertiary/aromatic N) is 3. The number of rotatable bonds is 3. The lowest BCUT2D eigenvalue weighted by Gasteiger charge is -2.29. The monoisotopic (exact) mass is 278 g/mol. The first-order chi connectivity index (χ1) is 9.49. The highest BCUT2D eigenvalue weighted by Gasteiger charge is 2.24. The van der Waals surface area contributed by atoms with E-state index < -0.39 is 6.04 Å². The van der Waals surface area contributed by atoms with Crippen LogP contribution in [0.4, 0.5) is 0 Å². The van der Waals surface area contributed by atoms with Crippen LogP contribution >= 0.6 is 0 Å². The number of aryl methyl sites for hydroxylation is 2. The number of hydrogen-bond donors (Lipinski definition) is 1. The lowest BCUT2D eigenvalue weighted by Crippen LogP contribution is -2.48. The van der Waals surface area contributed by atoms with Gasteiger partial charge in [-0.3, -0.25) is 14.3 Å². The summed E-state index contributed by atoms with van der Waals surface area (Å²) < 4.78 is 1.60. The number of carbonyl (C=O) groups excluding carboxylic acids is 2. The van der Waals surface area contributed by atoms with Gasteiger partial charge in [0.25, 0.3) is 5.91 Å². The Bertz CT molecular complexity index is 503. The van der Waals surface area contributed by atoms with Gasteiger partial charge in [0, 0.05) is 26.3 Å². The highest BCUT2D eigenvalue weighted by Crippen LogP contribution is 2.10. The molecule has 0 spiro atoms. The summed E-state index contributed by atoms with van der Waals surface area (Å²) in [6, 6.07) is -0.500. The van der Waals surface area contributed by atoms with E-state index in [4.69, 9.17) is 0 Å². The van der Waals surface area contributed by atoms with Gasteiger partial charge in [-0.15, -0.1) is 0 Å². The quantitative estimate of drug-likeness (QED) is 0.891. The average molecular weight is 278 g/mol. The summed E-state index contributed by atoms with van der Waals surface area (Å²) in [4.78, 5) is 26.2. The molecule has 0 unspecified atom stereocenters. The predicted molar refractivity (Wildman–Crippen MR) is 75.3 cm³/mol. The zero-order chi connectivity index (χ0) is 14.7. The van der Waals surface area contributed by atoms with Crippen molar-refractivity contribution in [2.75, 3.05) is 13.1 Å². The van der Waals surface area contributed by atoms with E-state index in [1.807, 2.05) is 4.90 Å². The smallest absolute Gasteiger partial charge is 0.255 e. The van der Waals surface area contributed by atoms with Crippen molar-refractivity contribution in [2.24, 2.45) is 7.05 Å². The van der Waals surface area contributed by atoms with Gasteiger partial charge in [-0.2, -0.15) is 5.10 Å². The molecular weight excluding hydrogens is 256 g/mol. The Labute approximate surface area is 119 Å². The summed E-state index contributed by atoms with van der Waals surface area (Å²) in [6.45, 7) is 5.11. The van der Waals surface area contributed by atoms with Crippen LogP contribution in [0.25, 0.3) is 0 Å². The Hall–Kier alpha value is -1.85. The third kappa shape index (κ3) is 3.18. The topological polar surface area (TPSA) is 67.2 Å². The van der Waals surface area contributed by atoms with Crippen molar-refractivity contribution >= 4 is 11.8 Å². The summed E-state index contributed by atoms with van der Waals surface area (Å²) >= 11 is 0. The van der Waals surface area contributed by atoms with Crippen LogP contribution < -0.4 is 5.32 Å². The van der Waals surface area contributed by atoms with Gasteiger partial charge in [-0.1, -0.05) is 0 Å². The van der Waals surface area contributed by atoms with Crippen LogP contribution in [0.5, 0.6) is 0 Å². The summed E-state index contributed by atoms with van der Waals surface area (Å²) in [7, 11) is 1.77. The summed E-state index contributed by atoms with van der Waals surface area (Å²) in [5.41, 5.74) is 1.19. The van der Waals surface area contributed by atoms with Crippen molar-refractivity contribution in [2.45, 2.75) is 39.2 Å². The molecular formula is C14H22N4O2. The van der Waals surface area contributed by atoms with Gasteiger partial charge in [-0.05, 0) is 33.1 Å². The third-order valence-electron chi connectivity index (χ3n) is 3.64. The minimum absolute atomic E-state index is 0.000377. The second kappa shape index (κ2) is 6.07. The zero-order valence-electron chi connectivity index (χ0n) is 12.3. The third-order valence-corrected chi connectivity index (χ3v) is 3.64. The van der Waals surface area contributed by atoms with E-state index in [-0.39, 0.29) is 11.8 Å². The zero-order valence-corrected chi connectivity index (χ0v) is 12.3. The number of carbonyl (C=O) groups is 2. The van der Waals surface area contributed by atoms with Crippen molar-refractivity contribution in [3.8, 4) is 0 Å². The molecule has 1 fully saturated rings. The maximum atomic E-state index is 12.2. The fourth-order valence-electron chi connectivity index (χ4n) is 2.55. The first kappa shape index (κ1) is 14.6. The number of hydrogen-bond acceptors (Lipinski definition) is 3. The predicted octanol–water partition coefficient (Wildman–Crippen LogP) is 0.859. The molecule has 0 saturated carbocycles. The molecule has 1 atom stereocenters. The first-order valence-corrected chi connectivity index (χ1v) is 7.09. The van der Waals surface area contributed by atoms with E-state index in [2.05, 4.69) is 10.4 Å². The van der Waals surface area contributed by atoms with E-state index in [0.717, 1.165) is 25.9 Å². The number of nitrogens with one attached hydrogen (secondary N) is 1. The van der Waals surface area contributed by atoms with Crippen molar-refractivity contribution < 1.29 is 9.59 Å². The van der Waals surface area contributed by atoms with Gasteiger partial charge in [-0.25, -0.2) is 0 Å². The minimum atomic E-state index is -0.500. The van der Waals surface area contributed by atoms with Crippen LogP contribution in [-0.2, 0) is 11.8 Å². The maximum absolute atomic E-state index is 12.2. The molecule has 0 aromatic carbocycles. The van der Waals surface area contributed by atoms with Crippen molar-refractivity contribution in [1.82, 2.24) is 20.0 Å². The largest absolute Gasteiger partial charge is 0.341 e. The standard InChI is InChI=1S/C14H22N4O2/c1-10-12(9-17(3)16-10)13(19)15-11(2)14(20)18-7-5-4-6-8-18/h9,11H,4-8H2,1-3H3,(H,15,19)/t11-/m1/s1. The van der Waals surface area contributed by atoms with Crippen LogP contribution in [0.1, 0.15) is 42.2 Å². The molecule has 110 valence electrons. The number of likely N-dealkylation sites (tertiary alicyclic amines) is 1. The van der Waals surface area contributed by atoms with E-state index in [9.17, 15) is 9.59 Å². The van der Waals surface area contributed by atoms with E-state index in [1.54, 1.807) is 31.8 Å². The molecule has 1 saturated heterocycles. The van der Waals surface area contributed by atoms with Gasteiger partial charge in [0.15, 0.2) is 0 Å². The Balaban J connectivity index is 1.96. The van der Waals surface area contributed by atoms with Crippen LogP contribution in [0, 0.1) is 6.92 Å². The number of aromatic nitrogens is 2. The molecule has 1 aromatic heterocycles. The molecule has 1 aliphatic rings. The van der Waals surface area contributed by atoms with Gasteiger partial charge >= 0.3 is 0 Å². The lowest BCUT2D eigenvalue weighted by molar-refractivity contribution is -0.133. The molecule has 2 amide bonds. The second-order valence-electron chi connectivity index (χ2n) is 5.38. The highest BCUT2D eigenvalue weighted by molar-refractivity contribution is 5.98. The van der Waals surface area contributed by atoms with Crippen LogP contribution in [0.3, 0.4) is 0 Å². The summed E-state index contributed by atoms with van der Waals surface area (Å²) in [5, 5.41) is 6.90.